The molecule has 0 aliphatic rings. The first kappa shape index (κ1) is 14.7. The Morgan fingerprint density at radius 2 is 1.67 bits per heavy atom. The molecule has 21 heavy (non-hydrogen) atoms. The summed E-state index contributed by atoms with van der Waals surface area (Å²) in [6.45, 7) is 3.25. The average Bonchev–Trinajstić information content (AvgIpc) is 2.43. The number of hydrogen-bond acceptors (Lipinski definition) is 2. The molecule has 0 unspecified atom stereocenters. The minimum Gasteiger partial charge on any atom is -0.326 e. The Balaban J connectivity index is 2.19. The van der Waals surface area contributed by atoms with Gasteiger partial charge in [0.2, 0.25) is 5.91 Å². The molecular formula is C16H15FN2O2. The van der Waals surface area contributed by atoms with Crippen molar-refractivity contribution >= 4 is 23.2 Å². The van der Waals surface area contributed by atoms with E-state index in [2.05, 4.69) is 10.6 Å². The average molecular weight is 286 g/mol. The second-order valence-corrected chi connectivity index (χ2v) is 4.67. The van der Waals surface area contributed by atoms with Gasteiger partial charge in [0.25, 0.3) is 5.91 Å². The van der Waals surface area contributed by atoms with Crippen molar-refractivity contribution in [2.45, 2.75) is 13.8 Å². The highest BCUT2D eigenvalue weighted by Crippen LogP contribution is 2.18. The number of hydrogen-bond donors (Lipinski definition) is 2. The predicted molar refractivity (Wildman–Crippen MR) is 79.8 cm³/mol. The molecule has 0 saturated carbocycles. The summed E-state index contributed by atoms with van der Waals surface area (Å²) in [4.78, 5) is 23.3. The number of aryl methyl sites for hydroxylation is 1. The van der Waals surface area contributed by atoms with Crippen molar-refractivity contribution in [1.82, 2.24) is 0 Å². The van der Waals surface area contributed by atoms with Crippen LogP contribution in [0, 0.1) is 12.7 Å². The van der Waals surface area contributed by atoms with Gasteiger partial charge in [0.15, 0.2) is 0 Å². The van der Waals surface area contributed by atoms with E-state index in [9.17, 15) is 14.0 Å². The number of anilines is 2. The number of carbonyl (C=O) groups excluding carboxylic acids is 2. The van der Waals surface area contributed by atoms with Crippen LogP contribution >= 0.6 is 0 Å². The monoisotopic (exact) mass is 286 g/mol. The summed E-state index contributed by atoms with van der Waals surface area (Å²) in [5.41, 5.74) is 2.37. The van der Waals surface area contributed by atoms with Crippen molar-refractivity contribution in [2.75, 3.05) is 10.6 Å². The Kier molecular flexibility index (Phi) is 4.33. The van der Waals surface area contributed by atoms with Gasteiger partial charge in [-0.25, -0.2) is 4.39 Å². The summed E-state index contributed by atoms with van der Waals surface area (Å²) < 4.78 is 12.8. The smallest absolute Gasteiger partial charge is 0.255 e. The second-order valence-electron chi connectivity index (χ2n) is 4.67. The fraction of sp³-hybridized carbons (Fsp3) is 0.125. The van der Waals surface area contributed by atoms with Crippen LogP contribution in [-0.2, 0) is 4.79 Å². The number of carbonyl (C=O) groups is 2. The van der Waals surface area contributed by atoms with E-state index in [0.29, 0.717) is 16.9 Å². The van der Waals surface area contributed by atoms with Crippen LogP contribution in [0.5, 0.6) is 0 Å². The summed E-state index contributed by atoms with van der Waals surface area (Å²) in [5.74, 6) is -0.890. The maximum atomic E-state index is 12.8. The fourth-order valence-corrected chi connectivity index (χ4v) is 1.82. The Hall–Kier alpha value is -2.69. The van der Waals surface area contributed by atoms with Crippen molar-refractivity contribution in [1.29, 1.82) is 0 Å². The van der Waals surface area contributed by atoms with E-state index in [0.717, 1.165) is 5.56 Å². The van der Waals surface area contributed by atoms with Gasteiger partial charge in [0.1, 0.15) is 5.82 Å². The Labute approximate surface area is 122 Å². The lowest BCUT2D eigenvalue weighted by molar-refractivity contribution is -0.114. The van der Waals surface area contributed by atoms with Crippen molar-refractivity contribution in [3.05, 3.63) is 59.4 Å². The van der Waals surface area contributed by atoms with Crippen LogP contribution in [0.2, 0.25) is 0 Å². The number of halogens is 1. The van der Waals surface area contributed by atoms with Gasteiger partial charge in [-0.15, -0.1) is 0 Å². The van der Waals surface area contributed by atoms with E-state index >= 15 is 0 Å². The molecule has 2 amide bonds. The maximum absolute atomic E-state index is 12.8. The van der Waals surface area contributed by atoms with E-state index < -0.39 is 0 Å². The summed E-state index contributed by atoms with van der Waals surface area (Å²) in [6, 6.07) is 10.5. The standard InChI is InChI=1S/C16H15FN2O2/c1-10-3-4-12(9-15(10)18-11(2)20)16(21)19-14-7-5-13(17)6-8-14/h3-9H,1-2H3,(H,18,20)(H,19,21). The molecule has 0 spiro atoms. The molecular weight excluding hydrogens is 271 g/mol. The Morgan fingerprint density at radius 1 is 1.00 bits per heavy atom. The molecule has 0 aliphatic carbocycles. The quantitative estimate of drug-likeness (QED) is 0.909. The van der Waals surface area contributed by atoms with E-state index in [-0.39, 0.29) is 17.6 Å². The van der Waals surface area contributed by atoms with E-state index in [4.69, 9.17) is 0 Å². The van der Waals surface area contributed by atoms with Gasteiger partial charge in [-0.2, -0.15) is 0 Å². The lowest BCUT2D eigenvalue weighted by Gasteiger charge is -2.10. The zero-order valence-electron chi connectivity index (χ0n) is 11.7. The highest BCUT2D eigenvalue weighted by atomic mass is 19.1. The fourth-order valence-electron chi connectivity index (χ4n) is 1.82. The van der Waals surface area contributed by atoms with E-state index in [1.165, 1.54) is 31.2 Å². The van der Waals surface area contributed by atoms with Gasteiger partial charge >= 0.3 is 0 Å². The third kappa shape index (κ3) is 3.89. The molecule has 0 fully saturated rings. The van der Waals surface area contributed by atoms with Crippen molar-refractivity contribution in [2.24, 2.45) is 0 Å². The van der Waals surface area contributed by atoms with Crippen LogP contribution < -0.4 is 10.6 Å². The minimum absolute atomic E-state index is 0.200. The van der Waals surface area contributed by atoms with Crippen LogP contribution in [0.4, 0.5) is 15.8 Å². The van der Waals surface area contributed by atoms with Crippen LogP contribution in [0.3, 0.4) is 0 Å². The zero-order chi connectivity index (χ0) is 15.4. The molecule has 2 rings (SSSR count). The largest absolute Gasteiger partial charge is 0.326 e. The van der Waals surface area contributed by atoms with Gasteiger partial charge in [-0.05, 0) is 48.9 Å². The first-order chi connectivity index (χ1) is 9.95. The van der Waals surface area contributed by atoms with Crippen LogP contribution in [-0.4, -0.2) is 11.8 Å². The van der Waals surface area contributed by atoms with Gasteiger partial charge in [0, 0.05) is 23.9 Å². The van der Waals surface area contributed by atoms with Gasteiger partial charge in [-0.3, -0.25) is 9.59 Å². The summed E-state index contributed by atoms with van der Waals surface area (Å²) >= 11 is 0. The van der Waals surface area contributed by atoms with Gasteiger partial charge < -0.3 is 10.6 Å². The Bertz CT molecular complexity index is 681. The molecule has 0 saturated heterocycles. The lowest BCUT2D eigenvalue weighted by Crippen LogP contribution is -2.13. The SMILES string of the molecule is CC(=O)Nc1cc(C(=O)Nc2ccc(F)cc2)ccc1C. The molecule has 2 aromatic carbocycles. The molecule has 4 nitrogen and oxygen atoms in total. The second kappa shape index (κ2) is 6.17. The molecule has 2 aromatic rings. The number of nitrogens with one attached hydrogen (secondary N) is 2. The normalized spacial score (nSPS) is 10.0. The van der Waals surface area contributed by atoms with Crippen LogP contribution in [0.1, 0.15) is 22.8 Å². The lowest BCUT2D eigenvalue weighted by atomic mass is 10.1. The first-order valence-electron chi connectivity index (χ1n) is 6.41. The molecule has 108 valence electrons. The first-order valence-corrected chi connectivity index (χ1v) is 6.41. The summed E-state index contributed by atoms with van der Waals surface area (Å²) in [7, 11) is 0. The predicted octanol–water partition coefficient (Wildman–Crippen LogP) is 3.34. The highest BCUT2D eigenvalue weighted by Gasteiger charge is 2.09. The molecule has 2 N–H and O–H groups in total. The molecule has 0 aromatic heterocycles. The number of benzene rings is 2. The van der Waals surface area contributed by atoms with Crippen molar-refractivity contribution < 1.29 is 14.0 Å². The van der Waals surface area contributed by atoms with Gasteiger partial charge in [0.05, 0.1) is 0 Å². The molecule has 0 aliphatic heterocycles. The van der Waals surface area contributed by atoms with Crippen LogP contribution in [0.25, 0.3) is 0 Å². The molecule has 0 heterocycles. The summed E-state index contributed by atoms with van der Waals surface area (Å²) in [6.07, 6.45) is 0. The number of rotatable bonds is 3. The number of amides is 2. The third-order valence-corrected chi connectivity index (χ3v) is 2.91. The maximum Gasteiger partial charge on any atom is 0.255 e. The third-order valence-electron chi connectivity index (χ3n) is 2.91. The zero-order valence-corrected chi connectivity index (χ0v) is 11.7. The molecule has 0 radical (unpaired) electrons. The molecule has 5 heteroatoms. The van der Waals surface area contributed by atoms with Crippen LogP contribution in [0.15, 0.2) is 42.5 Å². The minimum atomic E-state index is -0.365. The Morgan fingerprint density at radius 3 is 2.29 bits per heavy atom. The topological polar surface area (TPSA) is 58.2 Å². The van der Waals surface area contributed by atoms with Crippen molar-refractivity contribution in [3.63, 3.8) is 0 Å². The summed E-state index contributed by atoms with van der Waals surface area (Å²) in [5, 5.41) is 5.34. The molecule has 0 bridgehead atoms. The highest BCUT2D eigenvalue weighted by molar-refractivity contribution is 6.05. The van der Waals surface area contributed by atoms with Gasteiger partial charge in [-0.1, -0.05) is 6.07 Å². The van der Waals surface area contributed by atoms with Crippen molar-refractivity contribution in [3.8, 4) is 0 Å². The molecule has 0 atom stereocenters. The van der Waals surface area contributed by atoms with E-state index in [1.807, 2.05) is 6.92 Å². The van der Waals surface area contributed by atoms with E-state index in [1.54, 1.807) is 18.2 Å².